The summed E-state index contributed by atoms with van der Waals surface area (Å²) in [6.07, 6.45) is 8.66. The largest absolute Gasteiger partial charge is 0.243 e. The van der Waals surface area contributed by atoms with E-state index < -0.39 is 6.17 Å². The molecule has 0 radical (unpaired) electrons. The fraction of sp³-hybridized carbons (Fsp3) is 0.385. The Balaban J connectivity index is 2.16. The van der Waals surface area contributed by atoms with E-state index in [0.717, 1.165) is 11.1 Å². The van der Waals surface area contributed by atoms with E-state index in [-0.39, 0.29) is 11.7 Å². The van der Waals surface area contributed by atoms with Gasteiger partial charge in [-0.2, -0.15) is 0 Å². The zero-order valence-electron chi connectivity index (χ0n) is 8.71. The van der Waals surface area contributed by atoms with Crippen molar-refractivity contribution in [3.05, 3.63) is 47.4 Å². The third-order valence-corrected chi connectivity index (χ3v) is 2.93. The van der Waals surface area contributed by atoms with Gasteiger partial charge in [-0.25, -0.2) is 8.78 Å². The molecular weight excluding hydrogens is 194 g/mol. The van der Waals surface area contributed by atoms with Crippen LogP contribution < -0.4 is 0 Å². The Morgan fingerprint density at radius 1 is 1.27 bits per heavy atom. The van der Waals surface area contributed by atoms with Gasteiger partial charge in [0.15, 0.2) is 0 Å². The number of alkyl halides is 1. The maximum Gasteiger partial charge on any atom is 0.122 e. The van der Waals surface area contributed by atoms with Gasteiger partial charge in [0.2, 0.25) is 0 Å². The molecule has 0 amide bonds. The molecule has 0 aromatic heterocycles. The maximum atomic E-state index is 13.0. The SMILES string of the molecule is CC1=C(C2C=CC(F)=CC2)C=CC(F)C1. The van der Waals surface area contributed by atoms with E-state index in [9.17, 15) is 8.78 Å². The highest BCUT2D eigenvalue weighted by Crippen LogP contribution is 2.31. The van der Waals surface area contributed by atoms with Gasteiger partial charge in [0.05, 0.1) is 0 Å². The van der Waals surface area contributed by atoms with Crippen molar-refractivity contribution in [3.8, 4) is 0 Å². The van der Waals surface area contributed by atoms with Gasteiger partial charge in [-0.1, -0.05) is 23.8 Å². The normalized spacial score (nSPS) is 30.7. The lowest BCUT2D eigenvalue weighted by atomic mass is 9.85. The van der Waals surface area contributed by atoms with Gasteiger partial charge in [-0.3, -0.25) is 0 Å². The Kier molecular flexibility index (Phi) is 2.85. The first-order valence-corrected chi connectivity index (χ1v) is 5.22. The predicted molar refractivity (Wildman–Crippen MR) is 57.8 cm³/mol. The van der Waals surface area contributed by atoms with Crippen molar-refractivity contribution in [2.24, 2.45) is 5.92 Å². The molecule has 0 aromatic rings. The van der Waals surface area contributed by atoms with E-state index in [1.54, 1.807) is 12.2 Å². The Labute approximate surface area is 88.7 Å². The van der Waals surface area contributed by atoms with Crippen LogP contribution in [0.4, 0.5) is 8.78 Å². The summed E-state index contributed by atoms with van der Waals surface area (Å²) in [6.45, 7) is 1.95. The summed E-state index contributed by atoms with van der Waals surface area (Å²) in [5.41, 5.74) is 2.22. The Hall–Kier alpha value is -1.18. The van der Waals surface area contributed by atoms with Crippen LogP contribution >= 0.6 is 0 Å². The van der Waals surface area contributed by atoms with Crippen LogP contribution in [0.15, 0.2) is 47.4 Å². The van der Waals surface area contributed by atoms with Crippen LogP contribution in [0.25, 0.3) is 0 Å². The summed E-state index contributed by atoms with van der Waals surface area (Å²) < 4.78 is 25.8. The van der Waals surface area contributed by atoms with Gasteiger partial charge >= 0.3 is 0 Å². The molecular formula is C13H14F2. The lowest BCUT2D eigenvalue weighted by Crippen LogP contribution is -2.10. The van der Waals surface area contributed by atoms with Crippen LogP contribution in [-0.2, 0) is 0 Å². The zero-order chi connectivity index (χ0) is 10.8. The van der Waals surface area contributed by atoms with E-state index >= 15 is 0 Å². The molecule has 0 aliphatic heterocycles. The second kappa shape index (κ2) is 4.13. The van der Waals surface area contributed by atoms with Gasteiger partial charge in [0.1, 0.15) is 12.0 Å². The number of allylic oxidation sites excluding steroid dienone is 8. The summed E-state index contributed by atoms with van der Waals surface area (Å²) in [7, 11) is 0. The van der Waals surface area contributed by atoms with Gasteiger partial charge < -0.3 is 0 Å². The predicted octanol–water partition coefficient (Wildman–Crippen LogP) is 4.03. The lowest BCUT2D eigenvalue weighted by molar-refractivity contribution is 0.392. The van der Waals surface area contributed by atoms with E-state index in [0.29, 0.717) is 12.8 Å². The highest BCUT2D eigenvalue weighted by molar-refractivity contribution is 5.37. The molecule has 0 aromatic carbocycles. The second-order valence-corrected chi connectivity index (χ2v) is 4.11. The van der Waals surface area contributed by atoms with Crippen molar-refractivity contribution in [3.63, 3.8) is 0 Å². The molecule has 2 atom stereocenters. The van der Waals surface area contributed by atoms with Gasteiger partial charge in [-0.05, 0) is 31.1 Å². The van der Waals surface area contributed by atoms with Crippen molar-refractivity contribution >= 4 is 0 Å². The molecule has 0 N–H and O–H groups in total. The number of rotatable bonds is 1. The Morgan fingerprint density at radius 2 is 2.07 bits per heavy atom. The molecule has 0 heterocycles. The van der Waals surface area contributed by atoms with Crippen LogP contribution in [0, 0.1) is 5.92 Å². The lowest BCUT2D eigenvalue weighted by Gasteiger charge is -2.22. The van der Waals surface area contributed by atoms with E-state index in [1.807, 2.05) is 19.1 Å². The monoisotopic (exact) mass is 208 g/mol. The molecule has 0 spiro atoms. The van der Waals surface area contributed by atoms with Crippen LogP contribution in [0.3, 0.4) is 0 Å². The van der Waals surface area contributed by atoms with E-state index in [4.69, 9.17) is 0 Å². The standard InChI is InChI=1S/C13H14F2/c1-9-8-12(15)6-7-13(9)10-2-4-11(14)5-3-10/h2,4-7,10,12H,3,8H2,1H3. The smallest absolute Gasteiger partial charge is 0.122 e. The van der Waals surface area contributed by atoms with Gasteiger partial charge in [0, 0.05) is 12.3 Å². The second-order valence-electron chi connectivity index (χ2n) is 4.11. The molecule has 0 bridgehead atoms. The van der Waals surface area contributed by atoms with Crippen molar-refractivity contribution in [2.45, 2.75) is 25.9 Å². The minimum Gasteiger partial charge on any atom is -0.243 e. The molecule has 2 aliphatic rings. The van der Waals surface area contributed by atoms with Crippen LogP contribution in [0.5, 0.6) is 0 Å². The third kappa shape index (κ3) is 2.25. The quantitative estimate of drug-likeness (QED) is 0.610. The molecule has 2 rings (SSSR count). The average Bonchev–Trinajstić information content (AvgIpc) is 2.20. The van der Waals surface area contributed by atoms with Gasteiger partial charge in [-0.15, -0.1) is 0 Å². The highest BCUT2D eigenvalue weighted by atomic mass is 19.1. The van der Waals surface area contributed by atoms with Crippen molar-refractivity contribution in [1.82, 2.24) is 0 Å². The first-order chi connectivity index (χ1) is 7.16. The molecule has 0 saturated heterocycles. The molecule has 2 heteroatoms. The Morgan fingerprint density at radius 3 is 2.67 bits per heavy atom. The minimum atomic E-state index is -0.853. The number of hydrogen-bond donors (Lipinski definition) is 0. The van der Waals surface area contributed by atoms with Crippen LogP contribution in [0.2, 0.25) is 0 Å². The van der Waals surface area contributed by atoms with Crippen molar-refractivity contribution in [2.75, 3.05) is 0 Å². The molecule has 2 aliphatic carbocycles. The minimum absolute atomic E-state index is 0.173. The summed E-state index contributed by atoms with van der Waals surface area (Å²) in [4.78, 5) is 0. The molecule has 2 unspecified atom stereocenters. The third-order valence-electron chi connectivity index (χ3n) is 2.93. The molecule has 15 heavy (non-hydrogen) atoms. The molecule has 0 saturated carbocycles. The summed E-state index contributed by atoms with van der Waals surface area (Å²) in [5, 5.41) is 0. The van der Waals surface area contributed by atoms with Gasteiger partial charge in [0.25, 0.3) is 0 Å². The topological polar surface area (TPSA) is 0 Å². The first-order valence-electron chi connectivity index (χ1n) is 5.22. The molecule has 0 nitrogen and oxygen atoms in total. The average molecular weight is 208 g/mol. The first kappa shape index (κ1) is 10.3. The van der Waals surface area contributed by atoms with E-state index in [1.165, 1.54) is 6.08 Å². The summed E-state index contributed by atoms with van der Waals surface area (Å²) >= 11 is 0. The highest BCUT2D eigenvalue weighted by Gasteiger charge is 2.19. The van der Waals surface area contributed by atoms with Crippen LogP contribution in [-0.4, -0.2) is 6.17 Å². The fourth-order valence-electron chi connectivity index (χ4n) is 2.09. The number of hydrogen-bond acceptors (Lipinski definition) is 0. The fourth-order valence-corrected chi connectivity index (χ4v) is 2.09. The number of halogens is 2. The van der Waals surface area contributed by atoms with Crippen molar-refractivity contribution in [1.29, 1.82) is 0 Å². The summed E-state index contributed by atoms with van der Waals surface area (Å²) in [5.74, 6) is 0.0425. The molecule has 0 fully saturated rings. The maximum absolute atomic E-state index is 13.0. The summed E-state index contributed by atoms with van der Waals surface area (Å²) in [6, 6.07) is 0. The van der Waals surface area contributed by atoms with E-state index in [2.05, 4.69) is 0 Å². The van der Waals surface area contributed by atoms with Crippen LogP contribution in [0.1, 0.15) is 19.8 Å². The molecule has 80 valence electrons. The Bertz CT molecular complexity index is 372. The zero-order valence-corrected chi connectivity index (χ0v) is 8.71. The van der Waals surface area contributed by atoms with Crippen molar-refractivity contribution < 1.29 is 8.78 Å².